The fourth-order valence-corrected chi connectivity index (χ4v) is 5.92. The highest BCUT2D eigenvalue weighted by Gasteiger charge is 2.20. The van der Waals surface area contributed by atoms with Crippen LogP contribution in [0.25, 0.3) is 55.4 Å². The van der Waals surface area contributed by atoms with Crippen LogP contribution < -0.4 is 4.90 Å². The van der Waals surface area contributed by atoms with Gasteiger partial charge in [-0.05, 0) is 75.8 Å². The number of hydrogen-bond acceptors (Lipinski definition) is 3. The summed E-state index contributed by atoms with van der Waals surface area (Å²) in [5.41, 5.74) is 12.6. The molecule has 0 radical (unpaired) electrons. The van der Waals surface area contributed by atoms with Crippen LogP contribution >= 0.6 is 0 Å². The van der Waals surface area contributed by atoms with Crippen LogP contribution in [0.4, 0.5) is 17.1 Å². The third-order valence-electron chi connectivity index (χ3n) is 8.16. The van der Waals surface area contributed by atoms with Gasteiger partial charge in [-0.1, -0.05) is 121 Å². The average molecular weight is 565 g/mol. The minimum Gasteiger partial charge on any atom is -0.452 e. The van der Waals surface area contributed by atoms with Crippen molar-refractivity contribution in [3.8, 4) is 33.4 Å². The van der Waals surface area contributed by atoms with Gasteiger partial charge in [0.1, 0.15) is 11.1 Å². The Morgan fingerprint density at radius 3 is 1.36 bits per heavy atom. The first-order valence-electron chi connectivity index (χ1n) is 14.8. The van der Waals surface area contributed by atoms with E-state index in [1.165, 1.54) is 27.8 Å². The number of furan rings is 1. The van der Waals surface area contributed by atoms with Gasteiger partial charge in [0, 0.05) is 23.0 Å². The molecule has 0 N–H and O–H groups in total. The van der Waals surface area contributed by atoms with E-state index in [1.54, 1.807) is 0 Å². The van der Waals surface area contributed by atoms with E-state index in [2.05, 4.69) is 132 Å². The molecule has 3 heteroatoms. The van der Waals surface area contributed by atoms with Gasteiger partial charge >= 0.3 is 0 Å². The molecule has 0 aliphatic carbocycles. The van der Waals surface area contributed by atoms with Gasteiger partial charge in [-0.15, -0.1) is 0 Å². The molecule has 8 aromatic rings. The van der Waals surface area contributed by atoms with Crippen LogP contribution in [-0.4, -0.2) is 4.98 Å². The largest absolute Gasteiger partial charge is 0.452 e. The minimum absolute atomic E-state index is 0.765. The van der Waals surface area contributed by atoms with Crippen molar-refractivity contribution in [2.45, 2.75) is 0 Å². The highest BCUT2D eigenvalue weighted by molar-refractivity contribution is 6.08. The number of pyridine rings is 1. The molecule has 0 bridgehead atoms. The predicted molar refractivity (Wildman–Crippen MR) is 183 cm³/mol. The normalized spacial score (nSPS) is 11.2. The summed E-state index contributed by atoms with van der Waals surface area (Å²) >= 11 is 0. The van der Waals surface area contributed by atoms with Crippen LogP contribution in [0.1, 0.15) is 0 Å². The van der Waals surface area contributed by atoms with E-state index in [0.717, 1.165) is 44.7 Å². The molecule has 0 unspecified atom stereocenters. The maximum Gasteiger partial charge on any atom is 0.177 e. The van der Waals surface area contributed by atoms with E-state index < -0.39 is 0 Å². The summed E-state index contributed by atoms with van der Waals surface area (Å²) in [7, 11) is 0. The van der Waals surface area contributed by atoms with Gasteiger partial charge in [0.25, 0.3) is 0 Å². The lowest BCUT2D eigenvalue weighted by molar-refractivity contribution is 0.668. The van der Waals surface area contributed by atoms with Crippen molar-refractivity contribution in [2.24, 2.45) is 0 Å². The number of aromatic nitrogens is 1. The Kier molecular flexibility index (Phi) is 6.47. The van der Waals surface area contributed by atoms with Crippen molar-refractivity contribution in [2.75, 3.05) is 4.90 Å². The Hall–Kier alpha value is -5.93. The summed E-state index contributed by atoms with van der Waals surface area (Å²) in [5.74, 6) is 0. The van der Waals surface area contributed by atoms with Crippen molar-refractivity contribution < 1.29 is 4.42 Å². The summed E-state index contributed by atoms with van der Waals surface area (Å²) in [6.45, 7) is 0. The molecule has 0 atom stereocenters. The summed E-state index contributed by atoms with van der Waals surface area (Å²) in [4.78, 5) is 6.97. The molecule has 0 fully saturated rings. The van der Waals surface area contributed by atoms with Gasteiger partial charge in [-0.25, -0.2) is 0 Å². The molecule has 2 aromatic heterocycles. The van der Waals surface area contributed by atoms with E-state index >= 15 is 0 Å². The fraction of sp³-hybridized carbons (Fsp3) is 0. The van der Waals surface area contributed by atoms with E-state index in [9.17, 15) is 0 Å². The molecule has 0 saturated heterocycles. The summed E-state index contributed by atoms with van der Waals surface area (Å²) in [5, 5.41) is 1.01. The molecule has 0 amide bonds. The second kappa shape index (κ2) is 11.0. The lowest BCUT2D eigenvalue weighted by atomic mass is 10.00. The Morgan fingerprint density at radius 1 is 0.409 bits per heavy atom. The van der Waals surface area contributed by atoms with Crippen molar-refractivity contribution in [1.29, 1.82) is 0 Å². The number of para-hydroxylation sites is 1. The zero-order valence-electron chi connectivity index (χ0n) is 24.0. The third-order valence-corrected chi connectivity index (χ3v) is 8.16. The maximum atomic E-state index is 6.44. The maximum absolute atomic E-state index is 6.44. The number of anilines is 3. The first-order chi connectivity index (χ1) is 21.8. The van der Waals surface area contributed by atoms with Gasteiger partial charge in [0.15, 0.2) is 5.58 Å². The predicted octanol–water partition coefficient (Wildman–Crippen LogP) is 11.5. The molecule has 2 heterocycles. The van der Waals surface area contributed by atoms with E-state index in [1.807, 2.05) is 42.6 Å². The van der Waals surface area contributed by atoms with E-state index in [-0.39, 0.29) is 0 Å². The Balaban J connectivity index is 1.21. The van der Waals surface area contributed by atoms with E-state index in [0.29, 0.717) is 0 Å². The summed E-state index contributed by atoms with van der Waals surface area (Å²) in [6, 6.07) is 57.3. The quantitative estimate of drug-likeness (QED) is 0.201. The number of rotatable bonds is 6. The van der Waals surface area contributed by atoms with Gasteiger partial charge in [0.2, 0.25) is 0 Å². The number of nitrogens with zero attached hydrogens (tertiary/aromatic N) is 2. The number of hydrogen-bond donors (Lipinski definition) is 0. The van der Waals surface area contributed by atoms with Crippen molar-refractivity contribution >= 4 is 39.1 Å². The van der Waals surface area contributed by atoms with Crippen LogP contribution in [0.2, 0.25) is 0 Å². The molecule has 0 saturated carbocycles. The summed E-state index contributed by atoms with van der Waals surface area (Å²) < 4.78 is 6.44. The standard InChI is InChI=1S/C41H28N2O/c1-3-9-29(10-4-1)31-15-17-32(18-16-31)34-21-25-36(26-22-34)43(35-23-19-33(20-24-35)30-11-5-2-6-12-30)38-27-28-42-40-37-13-7-8-14-39(37)44-41(38)40/h1-28H. The Morgan fingerprint density at radius 2 is 0.841 bits per heavy atom. The highest BCUT2D eigenvalue weighted by Crippen LogP contribution is 2.42. The number of benzene rings is 6. The Labute approximate surface area is 256 Å². The SMILES string of the molecule is c1ccc(-c2ccc(-c3ccc(N(c4ccc(-c5ccccc5)cc4)c4ccnc5c4oc4ccccc45)cc3)cc2)cc1. The van der Waals surface area contributed by atoms with Gasteiger partial charge < -0.3 is 9.32 Å². The highest BCUT2D eigenvalue weighted by atomic mass is 16.3. The molecule has 6 aromatic carbocycles. The van der Waals surface area contributed by atoms with Crippen molar-refractivity contribution in [3.63, 3.8) is 0 Å². The minimum atomic E-state index is 0.765. The zero-order chi connectivity index (χ0) is 29.3. The number of fused-ring (bicyclic) bond motifs is 3. The average Bonchev–Trinajstić information content (AvgIpc) is 3.50. The van der Waals surface area contributed by atoms with Crippen LogP contribution in [0.15, 0.2) is 174 Å². The topological polar surface area (TPSA) is 29.3 Å². The molecular formula is C41H28N2O. The van der Waals surface area contributed by atoms with Crippen LogP contribution in [0.5, 0.6) is 0 Å². The van der Waals surface area contributed by atoms with Crippen molar-refractivity contribution in [3.05, 3.63) is 170 Å². The zero-order valence-corrected chi connectivity index (χ0v) is 24.0. The van der Waals surface area contributed by atoms with Crippen molar-refractivity contribution in [1.82, 2.24) is 4.98 Å². The van der Waals surface area contributed by atoms with Gasteiger partial charge in [0.05, 0.1) is 5.69 Å². The first-order valence-corrected chi connectivity index (χ1v) is 14.8. The lowest BCUT2D eigenvalue weighted by Crippen LogP contribution is -2.10. The monoisotopic (exact) mass is 564 g/mol. The molecule has 0 spiro atoms. The molecule has 3 nitrogen and oxygen atoms in total. The van der Waals surface area contributed by atoms with Crippen LogP contribution in [0.3, 0.4) is 0 Å². The molecular weight excluding hydrogens is 536 g/mol. The van der Waals surface area contributed by atoms with Crippen LogP contribution in [0, 0.1) is 0 Å². The molecule has 0 aliphatic rings. The lowest BCUT2D eigenvalue weighted by Gasteiger charge is -2.26. The smallest absolute Gasteiger partial charge is 0.177 e. The van der Waals surface area contributed by atoms with Crippen LogP contribution in [-0.2, 0) is 0 Å². The summed E-state index contributed by atoms with van der Waals surface area (Å²) in [6.07, 6.45) is 1.87. The second-order valence-corrected chi connectivity index (χ2v) is 10.8. The third kappa shape index (κ3) is 4.71. The Bertz CT molecular complexity index is 2180. The molecule has 8 rings (SSSR count). The molecule has 44 heavy (non-hydrogen) atoms. The van der Waals surface area contributed by atoms with Gasteiger partial charge in [-0.3, -0.25) is 4.98 Å². The van der Waals surface area contributed by atoms with Gasteiger partial charge in [-0.2, -0.15) is 0 Å². The molecule has 0 aliphatic heterocycles. The second-order valence-electron chi connectivity index (χ2n) is 10.8. The molecule has 208 valence electrons. The van der Waals surface area contributed by atoms with E-state index in [4.69, 9.17) is 9.40 Å². The first kappa shape index (κ1) is 25.8. The fourth-order valence-electron chi connectivity index (χ4n) is 5.92.